The van der Waals surface area contributed by atoms with Crippen LogP contribution in [0.3, 0.4) is 0 Å². The van der Waals surface area contributed by atoms with Crippen LogP contribution in [0.2, 0.25) is 0 Å². The predicted molar refractivity (Wildman–Crippen MR) is 56.4 cm³/mol. The van der Waals surface area contributed by atoms with E-state index in [1.165, 1.54) is 0 Å². The third-order valence-corrected chi connectivity index (χ3v) is 2.84. The SMILES string of the molecule is O=C(O)c1cc2c3c(cnc2o1)CNCC3. The lowest BCUT2D eigenvalue weighted by Crippen LogP contribution is -2.23. The van der Waals surface area contributed by atoms with Gasteiger partial charge in [0.15, 0.2) is 0 Å². The molecule has 0 aromatic carbocycles. The van der Waals surface area contributed by atoms with E-state index < -0.39 is 5.97 Å². The first-order valence-electron chi connectivity index (χ1n) is 5.10. The molecule has 16 heavy (non-hydrogen) atoms. The van der Waals surface area contributed by atoms with Gasteiger partial charge in [-0.05, 0) is 24.1 Å². The Morgan fingerprint density at radius 1 is 1.56 bits per heavy atom. The van der Waals surface area contributed by atoms with Gasteiger partial charge in [-0.15, -0.1) is 0 Å². The number of carboxylic acid groups (broad SMARTS) is 1. The number of furan rings is 1. The fraction of sp³-hybridized carbons (Fsp3) is 0.273. The first-order valence-corrected chi connectivity index (χ1v) is 5.10. The fourth-order valence-electron chi connectivity index (χ4n) is 2.07. The summed E-state index contributed by atoms with van der Waals surface area (Å²) < 4.78 is 5.16. The minimum Gasteiger partial charge on any atom is -0.475 e. The molecule has 0 aliphatic carbocycles. The van der Waals surface area contributed by atoms with Crippen molar-refractivity contribution in [2.24, 2.45) is 0 Å². The second-order valence-corrected chi connectivity index (χ2v) is 3.82. The topological polar surface area (TPSA) is 75.4 Å². The average molecular weight is 218 g/mol. The Morgan fingerprint density at radius 2 is 2.44 bits per heavy atom. The molecule has 5 heteroatoms. The largest absolute Gasteiger partial charge is 0.475 e. The Balaban J connectivity index is 2.26. The predicted octanol–water partition coefficient (Wildman–Crippen LogP) is 1.17. The minimum atomic E-state index is -1.05. The van der Waals surface area contributed by atoms with Crippen LogP contribution in [0.25, 0.3) is 11.1 Å². The molecule has 1 aliphatic rings. The van der Waals surface area contributed by atoms with Crippen LogP contribution in [0.1, 0.15) is 21.7 Å². The number of aromatic nitrogens is 1. The highest BCUT2D eigenvalue weighted by Crippen LogP contribution is 2.26. The van der Waals surface area contributed by atoms with Crippen molar-refractivity contribution in [2.45, 2.75) is 13.0 Å². The van der Waals surface area contributed by atoms with E-state index in [9.17, 15) is 4.79 Å². The molecular weight excluding hydrogens is 208 g/mol. The van der Waals surface area contributed by atoms with Crippen molar-refractivity contribution in [3.05, 3.63) is 29.2 Å². The number of pyridine rings is 1. The van der Waals surface area contributed by atoms with Gasteiger partial charge in [-0.25, -0.2) is 9.78 Å². The Bertz CT molecular complexity index is 574. The third-order valence-electron chi connectivity index (χ3n) is 2.84. The Morgan fingerprint density at radius 3 is 3.25 bits per heavy atom. The Hall–Kier alpha value is -1.88. The summed E-state index contributed by atoms with van der Waals surface area (Å²) in [6.07, 6.45) is 2.63. The molecule has 5 nitrogen and oxygen atoms in total. The molecule has 0 fully saturated rings. The highest BCUT2D eigenvalue weighted by Gasteiger charge is 2.18. The molecule has 2 N–H and O–H groups in total. The van der Waals surface area contributed by atoms with Gasteiger partial charge >= 0.3 is 5.97 Å². The van der Waals surface area contributed by atoms with E-state index in [1.54, 1.807) is 12.3 Å². The van der Waals surface area contributed by atoms with Gasteiger partial charge in [0.1, 0.15) is 0 Å². The molecule has 3 rings (SSSR count). The van der Waals surface area contributed by atoms with Gasteiger partial charge in [-0.1, -0.05) is 0 Å². The van der Waals surface area contributed by atoms with Crippen LogP contribution in [0.15, 0.2) is 16.7 Å². The van der Waals surface area contributed by atoms with E-state index in [4.69, 9.17) is 9.52 Å². The smallest absolute Gasteiger partial charge is 0.371 e. The average Bonchev–Trinajstić information content (AvgIpc) is 2.73. The number of carbonyl (C=O) groups is 1. The molecule has 2 aromatic heterocycles. The number of hydrogen-bond acceptors (Lipinski definition) is 4. The van der Waals surface area contributed by atoms with Crippen LogP contribution in [-0.2, 0) is 13.0 Å². The zero-order chi connectivity index (χ0) is 11.1. The molecule has 0 radical (unpaired) electrons. The van der Waals surface area contributed by atoms with E-state index in [1.807, 2.05) is 0 Å². The Labute approximate surface area is 91.1 Å². The van der Waals surface area contributed by atoms with Crippen molar-refractivity contribution in [2.75, 3.05) is 6.54 Å². The van der Waals surface area contributed by atoms with Gasteiger partial charge < -0.3 is 14.8 Å². The highest BCUT2D eigenvalue weighted by molar-refractivity contribution is 5.91. The van der Waals surface area contributed by atoms with Gasteiger partial charge in [0.2, 0.25) is 11.5 Å². The second-order valence-electron chi connectivity index (χ2n) is 3.82. The van der Waals surface area contributed by atoms with E-state index >= 15 is 0 Å². The summed E-state index contributed by atoms with van der Waals surface area (Å²) >= 11 is 0. The van der Waals surface area contributed by atoms with E-state index in [0.717, 1.165) is 36.0 Å². The van der Waals surface area contributed by atoms with Gasteiger partial charge in [0, 0.05) is 24.2 Å². The summed E-state index contributed by atoms with van der Waals surface area (Å²) in [6, 6.07) is 1.56. The maximum Gasteiger partial charge on any atom is 0.371 e. The summed E-state index contributed by atoms with van der Waals surface area (Å²) in [4.78, 5) is 14.9. The number of rotatable bonds is 1. The monoisotopic (exact) mass is 218 g/mol. The maximum atomic E-state index is 10.8. The zero-order valence-electron chi connectivity index (χ0n) is 8.49. The van der Waals surface area contributed by atoms with Crippen molar-refractivity contribution < 1.29 is 14.3 Å². The first kappa shape index (κ1) is 9.35. The molecule has 0 amide bonds. The molecule has 0 saturated carbocycles. The van der Waals surface area contributed by atoms with Crippen molar-refractivity contribution >= 4 is 17.1 Å². The van der Waals surface area contributed by atoms with Crippen molar-refractivity contribution in [1.29, 1.82) is 0 Å². The van der Waals surface area contributed by atoms with Gasteiger partial charge in [0.25, 0.3) is 0 Å². The summed E-state index contributed by atoms with van der Waals surface area (Å²) in [5, 5.41) is 12.9. The third kappa shape index (κ3) is 1.29. The van der Waals surface area contributed by atoms with Gasteiger partial charge in [-0.3, -0.25) is 0 Å². The number of aromatic carboxylic acids is 1. The quantitative estimate of drug-likeness (QED) is 0.751. The van der Waals surface area contributed by atoms with Crippen molar-refractivity contribution in [1.82, 2.24) is 10.3 Å². The van der Waals surface area contributed by atoms with Crippen LogP contribution >= 0.6 is 0 Å². The lowest BCUT2D eigenvalue weighted by atomic mass is 10.0. The maximum absolute atomic E-state index is 10.8. The van der Waals surface area contributed by atoms with Crippen LogP contribution in [-0.4, -0.2) is 22.6 Å². The lowest BCUT2D eigenvalue weighted by Gasteiger charge is -2.16. The van der Waals surface area contributed by atoms with E-state index in [0.29, 0.717) is 5.71 Å². The molecular formula is C11H10N2O3. The summed E-state index contributed by atoms with van der Waals surface area (Å²) in [7, 11) is 0. The van der Waals surface area contributed by atoms with E-state index in [2.05, 4.69) is 10.3 Å². The molecule has 2 aromatic rings. The Kier molecular flexibility index (Phi) is 1.94. The summed E-state index contributed by atoms with van der Waals surface area (Å²) in [5.74, 6) is -1.10. The standard InChI is InChI=1S/C11H10N2O3/c14-11(15)9-3-8-7-1-2-12-4-6(7)5-13-10(8)16-9/h3,5,12H,1-2,4H2,(H,14,15). The lowest BCUT2D eigenvalue weighted by molar-refractivity contribution is 0.0664. The molecule has 0 spiro atoms. The number of hydrogen-bond donors (Lipinski definition) is 2. The molecule has 0 bridgehead atoms. The summed E-state index contributed by atoms with van der Waals surface area (Å²) in [6.45, 7) is 1.69. The zero-order valence-corrected chi connectivity index (χ0v) is 8.49. The fourth-order valence-corrected chi connectivity index (χ4v) is 2.07. The molecule has 0 unspecified atom stereocenters. The normalized spacial score (nSPS) is 15.0. The van der Waals surface area contributed by atoms with E-state index in [-0.39, 0.29) is 5.76 Å². The van der Waals surface area contributed by atoms with Crippen LogP contribution in [0.4, 0.5) is 0 Å². The number of nitrogens with zero attached hydrogens (tertiary/aromatic N) is 1. The molecule has 0 atom stereocenters. The van der Waals surface area contributed by atoms with Gasteiger partial charge in [0.05, 0.1) is 0 Å². The number of fused-ring (bicyclic) bond motifs is 3. The summed E-state index contributed by atoms with van der Waals surface area (Å²) in [5.41, 5.74) is 2.69. The molecule has 82 valence electrons. The molecule has 0 saturated heterocycles. The first-order chi connectivity index (χ1) is 7.75. The molecule has 3 heterocycles. The van der Waals surface area contributed by atoms with Crippen LogP contribution in [0.5, 0.6) is 0 Å². The number of nitrogens with one attached hydrogen (secondary N) is 1. The highest BCUT2D eigenvalue weighted by atomic mass is 16.4. The molecule has 1 aliphatic heterocycles. The van der Waals surface area contributed by atoms with Crippen LogP contribution < -0.4 is 5.32 Å². The van der Waals surface area contributed by atoms with Crippen molar-refractivity contribution in [3.8, 4) is 0 Å². The minimum absolute atomic E-state index is 0.0468. The van der Waals surface area contributed by atoms with Crippen molar-refractivity contribution in [3.63, 3.8) is 0 Å². The van der Waals surface area contributed by atoms with Gasteiger partial charge in [-0.2, -0.15) is 0 Å². The second kappa shape index (κ2) is 3.31. The van der Waals surface area contributed by atoms with Crippen LogP contribution in [0, 0.1) is 0 Å². The number of carboxylic acids is 1.